The molecule has 1 rings (SSSR count). The van der Waals surface area contributed by atoms with Crippen molar-refractivity contribution in [3.05, 3.63) is 22.9 Å². The summed E-state index contributed by atoms with van der Waals surface area (Å²) in [7, 11) is 0. The lowest BCUT2D eigenvalue weighted by Crippen LogP contribution is -2.08. The molecule has 1 heterocycles. The molecule has 0 aliphatic heterocycles. The van der Waals surface area contributed by atoms with E-state index in [0.29, 0.717) is 6.61 Å². The summed E-state index contributed by atoms with van der Waals surface area (Å²) in [6, 6.07) is 0. The van der Waals surface area contributed by atoms with Crippen LogP contribution in [0.1, 0.15) is 82.9 Å². The fraction of sp³-hybridized carbons (Fsp3) is 0.737. The number of ether oxygens (including phenoxy) is 1. The maximum atomic E-state index is 5.77. The minimum atomic E-state index is 0.682. The second kappa shape index (κ2) is 10.6. The van der Waals surface area contributed by atoms with Crippen LogP contribution in [-0.2, 0) is 19.3 Å². The minimum absolute atomic E-state index is 0.682. The first-order valence-electron chi connectivity index (χ1n) is 8.83. The monoisotopic (exact) mass is 290 g/mol. The summed E-state index contributed by atoms with van der Waals surface area (Å²) in [6.45, 7) is 9.45. The molecule has 0 unspecified atom stereocenters. The Kier molecular flexibility index (Phi) is 9.12. The number of hydrogen-bond acceptors (Lipinski definition) is 2. The van der Waals surface area contributed by atoms with Crippen molar-refractivity contribution in [1.29, 1.82) is 0 Å². The molecule has 119 valence electrons. The molecule has 0 aliphatic rings. The van der Waals surface area contributed by atoms with Crippen molar-refractivity contribution in [2.75, 3.05) is 6.61 Å². The number of aryl methyl sites for hydroxylation is 1. The van der Waals surface area contributed by atoms with E-state index in [0.717, 1.165) is 25.1 Å². The Morgan fingerprint density at radius 1 is 0.810 bits per heavy atom. The average Bonchev–Trinajstić information content (AvgIpc) is 2.50. The third kappa shape index (κ3) is 5.68. The number of rotatable bonds is 11. The van der Waals surface area contributed by atoms with Gasteiger partial charge in [0.25, 0.3) is 0 Å². The summed E-state index contributed by atoms with van der Waals surface area (Å²) in [5.74, 6) is 0.831. The molecule has 1 radical (unpaired) electrons. The first kappa shape index (κ1) is 18.0. The van der Waals surface area contributed by atoms with E-state index >= 15 is 0 Å². The Labute approximate surface area is 131 Å². The Morgan fingerprint density at radius 3 is 1.95 bits per heavy atom. The van der Waals surface area contributed by atoms with Crippen molar-refractivity contribution in [2.24, 2.45) is 0 Å². The van der Waals surface area contributed by atoms with Crippen molar-refractivity contribution >= 4 is 0 Å². The zero-order valence-electron chi connectivity index (χ0n) is 14.4. The summed E-state index contributed by atoms with van der Waals surface area (Å²) >= 11 is 0. The second-order valence-electron chi connectivity index (χ2n) is 5.71. The zero-order valence-corrected chi connectivity index (χ0v) is 14.4. The highest BCUT2D eigenvalue weighted by Gasteiger charge is 2.15. The number of pyridine rings is 1. The van der Waals surface area contributed by atoms with E-state index < -0.39 is 0 Å². The van der Waals surface area contributed by atoms with Crippen LogP contribution < -0.4 is 4.74 Å². The van der Waals surface area contributed by atoms with Gasteiger partial charge in [-0.15, -0.1) is 0 Å². The molecular weight excluding hydrogens is 258 g/mol. The lowest BCUT2D eigenvalue weighted by Gasteiger charge is -2.17. The summed E-state index contributed by atoms with van der Waals surface area (Å²) in [4.78, 5) is 4.50. The molecule has 0 N–H and O–H groups in total. The van der Waals surface area contributed by atoms with E-state index in [-0.39, 0.29) is 0 Å². The van der Waals surface area contributed by atoms with Gasteiger partial charge >= 0.3 is 0 Å². The molecule has 0 aromatic carbocycles. The van der Waals surface area contributed by atoms with Crippen molar-refractivity contribution < 1.29 is 4.74 Å². The summed E-state index contributed by atoms with van der Waals surface area (Å²) in [6.07, 6.45) is 13.9. The Bertz CT molecular complexity index is 401. The number of hydrogen-bond donors (Lipinski definition) is 0. The van der Waals surface area contributed by atoms with Crippen LogP contribution in [0.2, 0.25) is 0 Å². The van der Waals surface area contributed by atoms with Crippen LogP contribution in [0, 0.1) is 6.20 Å². The number of nitrogens with zero attached hydrogens (tertiary/aromatic N) is 1. The predicted molar refractivity (Wildman–Crippen MR) is 90.1 cm³/mol. The predicted octanol–water partition coefficient (Wildman–Crippen LogP) is 5.31. The molecule has 2 nitrogen and oxygen atoms in total. The topological polar surface area (TPSA) is 22.1 Å². The smallest absolute Gasteiger partial charge is 0.217 e. The van der Waals surface area contributed by atoms with Crippen molar-refractivity contribution in [3.8, 4) is 5.88 Å². The van der Waals surface area contributed by atoms with E-state index in [1.165, 1.54) is 55.2 Å². The maximum Gasteiger partial charge on any atom is 0.217 e. The molecule has 0 aliphatic carbocycles. The van der Waals surface area contributed by atoms with Crippen LogP contribution in [-0.4, -0.2) is 11.6 Å². The van der Waals surface area contributed by atoms with Gasteiger partial charge in [0.15, 0.2) is 0 Å². The van der Waals surface area contributed by atoms with Crippen LogP contribution in [0.15, 0.2) is 0 Å². The molecule has 0 amide bonds. The molecule has 0 atom stereocenters. The van der Waals surface area contributed by atoms with Crippen LogP contribution in [0.4, 0.5) is 0 Å². The normalized spacial score (nSPS) is 10.9. The standard InChI is InChI=1S/C19H32NO/c1-5-9-12-16-15-20-19(21-8-4)18(14-11-7-3)17(16)13-10-6-2/h5-14H2,1-4H3. The van der Waals surface area contributed by atoms with Gasteiger partial charge in [0.2, 0.25) is 5.88 Å². The first-order valence-corrected chi connectivity index (χ1v) is 8.83. The van der Waals surface area contributed by atoms with Gasteiger partial charge in [-0.2, -0.15) is 0 Å². The first-order chi connectivity index (χ1) is 10.3. The lowest BCUT2D eigenvalue weighted by atomic mass is 9.93. The quantitative estimate of drug-likeness (QED) is 0.551. The molecule has 21 heavy (non-hydrogen) atoms. The molecule has 0 saturated heterocycles. The molecule has 0 spiro atoms. The van der Waals surface area contributed by atoms with Gasteiger partial charge in [0.1, 0.15) is 0 Å². The van der Waals surface area contributed by atoms with E-state index in [1.54, 1.807) is 0 Å². The van der Waals surface area contributed by atoms with Crippen molar-refractivity contribution in [1.82, 2.24) is 4.98 Å². The van der Waals surface area contributed by atoms with Gasteiger partial charge in [-0.1, -0.05) is 40.0 Å². The van der Waals surface area contributed by atoms with Crippen molar-refractivity contribution in [2.45, 2.75) is 85.5 Å². The van der Waals surface area contributed by atoms with Gasteiger partial charge in [0, 0.05) is 5.56 Å². The summed E-state index contributed by atoms with van der Waals surface area (Å²) in [5, 5.41) is 0. The van der Waals surface area contributed by atoms with Gasteiger partial charge < -0.3 is 4.74 Å². The van der Waals surface area contributed by atoms with Crippen LogP contribution >= 0.6 is 0 Å². The third-order valence-electron chi connectivity index (χ3n) is 3.90. The average molecular weight is 290 g/mol. The van der Waals surface area contributed by atoms with E-state index in [1.807, 2.05) is 6.92 Å². The van der Waals surface area contributed by atoms with Crippen LogP contribution in [0.5, 0.6) is 5.88 Å². The Balaban J connectivity index is 3.12. The fourth-order valence-electron chi connectivity index (χ4n) is 2.65. The molecule has 1 aromatic rings. The number of aromatic nitrogens is 1. The molecule has 1 aromatic heterocycles. The fourth-order valence-corrected chi connectivity index (χ4v) is 2.65. The number of unbranched alkanes of at least 4 members (excludes halogenated alkanes) is 3. The van der Waals surface area contributed by atoms with Gasteiger partial charge in [-0.25, -0.2) is 4.98 Å². The molecule has 0 fully saturated rings. The highest BCUT2D eigenvalue weighted by atomic mass is 16.5. The highest BCUT2D eigenvalue weighted by Crippen LogP contribution is 2.27. The van der Waals surface area contributed by atoms with Crippen LogP contribution in [0.3, 0.4) is 0 Å². The third-order valence-corrected chi connectivity index (χ3v) is 3.90. The molecule has 0 saturated carbocycles. The Hall–Kier alpha value is -1.05. The van der Waals surface area contributed by atoms with E-state index in [4.69, 9.17) is 4.74 Å². The molecule has 0 bridgehead atoms. The largest absolute Gasteiger partial charge is 0.478 e. The van der Waals surface area contributed by atoms with Gasteiger partial charge in [0.05, 0.1) is 12.8 Å². The zero-order chi connectivity index (χ0) is 15.5. The maximum absolute atomic E-state index is 5.77. The lowest BCUT2D eigenvalue weighted by molar-refractivity contribution is 0.321. The minimum Gasteiger partial charge on any atom is -0.478 e. The van der Waals surface area contributed by atoms with E-state index in [9.17, 15) is 0 Å². The summed E-state index contributed by atoms with van der Waals surface area (Å²) in [5.41, 5.74) is 4.18. The summed E-state index contributed by atoms with van der Waals surface area (Å²) < 4.78 is 5.77. The molecule has 2 heteroatoms. The van der Waals surface area contributed by atoms with E-state index in [2.05, 4.69) is 32.0 Å². The molecular formula is C19H32NO. The Morgan fingerprint density at radius 2 is 1.38 bits per heavy atom. The van der Waals surface area contributed by atoms with Gasteiger partial charge in [-0.05, 0) is 56.6 Å². The highest BCUT2D eigenvalue weighted by molar-refractivity contribution is 5.40. The second-order valence-corrected chi connectivity index (χ2v) is 5.71. The van der Waals surface area contributed by atoms with Crippen LogP contribution in [0.25, 0.3) is 0 Å². The van der Waals surface area contributed by atoms with Crippen molar-refractivity contribution in [3.63, 3.8) is 0 Å². The van der Waals surface area contributed by atoms with Gasteiger partial charge in [-0.3, -0.25) is 0 Å². The SMILES string of the molecule is CCCCc1[c]nc(OCC)c(CCCC)c1CCCC.